The molecule has 0 spiro atoms. The minimum absolute atomic E-state index is 0.207. The Morgan fingerprint density at radius 1 is 1.00 bits per heavy atom. The number of benzene rings is 1. The molecule has 2 amide bonds. The third kappa shape index (κ3) is 2.28. The average Bonchev–Trinajstić information content (AvgIpc) is 2.59. The lowest BCUT2D eigenvalue weighted by Crippen LogP contribution is -2.32. The van der Waals surface area contributed by atoms with Crippen molar-refractivity contribution in [1.29, 1.82) is 0 Å². The normalized spacial score (nSPS) is 14.8. The molecule has 0 fully saturated rings. The summed E-state index contributed by atoms with van der Waals surface area (Å²) < 4.78 is 0. The molecule has 3 nitrogen and oxygen atoms in total. The first-order valence-corrected chi connectivity index (χ1v) is 5.68. The van der Waals surface area contributed by atoms with Gasteiger partial charge in [0, 0.05) is 18.7 Å². The van der Waals surface area contributed by atoms with Gasteiger partial charge in [0.1, 0.15) is 0 Å². The van der Waals surface area contributed by atoms with Gasteiger partial charge in [0.15, 0.2) is 0 Å². The topological polar surface area (TPSA) is 37.4 Å². The van der Waals surface area contributed by atoms with Crippen molar-refractivity contribution in [2.24, 2.45) is 0 Å². The number of amides is 2. The molecule has 0 radical (unpaired) electrons. The Morgan fingerprint density at radius 2 is 1.53 bits per heavy atom. The first kappa shape index (κ1) is 11.6. The van der Waals surface area contributed by atoms with Gasteiger partial charge in [-0.2, -0.15) is 0 Å². The summed E-state index contributed by atoms with van der Waals surface area (Å²) >= 11 is 0. The number of hydrogen-bond acceptors (Lipinski definition) is 2. The largest absolute Gasteiger partial charge is 0.275 e. The molecule has 1 aromatic carbocycles. The number of carbonyl (C=O) groups excluding carboxylic acids is 2. The van der Waals surface area contributed by atoms with Crippen LogP contribution in [0.4, 0.5) is 0 Å². The van der Waals surface area contributed by atoms with Crippen LogP contribution in [0.25, 0.3) is 0 Å². The van der Waals surface area contributed by atoms with Crippen LogP contribution in [-0.4, -0.2) is 23.3 Å². The first-order chi connectivity index (χ1) is 8.09. The second-order valence-corrected chi connectivity index (χ2v) is 4.28. The molecular formula is C14H15NO2. The van der Waals surface area contributed by atoms with Crippen LogP contribution >= 0.6 is 0 Å². The third-order valence-corrected chi connectivity index (χ3v) is 3.13. The zero-order valence-corrected chi connectivity index (χ0v) is 10.1. The van der Waals surface area contributed by atoms with E-state index in [1.165, 1.54) is 33.7 Å². The molecule has 1 aliphatic heterocycles. The summed E-state index contributed by atoms with van der Waals surface area (Å²) in [5.74, 6) is -0.414. The van der Waals surface area contributed by atoms with Crippen molar-refractivity contribution in [3.05, 3.63) is 47.0 Å². The van der Waals surface area contributed by atoms with Gasteiger partial charge >= 0.3 is 0 Å². The molecular weight excluding hydrogens is 214 g/mol. The Morgan fingerprint density at radius 3 is 2.06 bits per heavy atom. The Kier molecular flexibility index (Phi) is 3.09. The van der Waals surface area contributed by atoms with E-state index in [2.05, 4.69) is 0 Å². The molecule has 0 N–H and O–H groups in total. The van der Waals surface area contributed by atoms with Gasteiger partial charge in [0.05, 0.1) is 0 Å². The molecule has 0 bridgehead atoms. The lowest BCUT2D eigenvalue weighted by molar-refractivity contribution is -0.136. The van der Waals surface area contributed by atoms with E-state index in [1.54, 1.807) is 0 Å². The molecule has 0 unspecified atom stereocenters. The quantitative estimate of drug-likeness (QED) is 0.741. The number of carbonyl (C=O) groups is 2. The first-order valence-electron chi connectivity index (χ1n) is 5.68. The summed E-state index contributed by atoms with van der Waals surface area (Å²) in [4.78, 5) is 24.1. The number of aryl methyl sites for hydroxylation is 2. The average molecular weight is 229 g/mol. The van der Waals surface area contributed by atoms with Gasteiger partial charge in [0.25, 0.3) is 11.8 Å². The number of imide groups is 1. The highest BCUT2D eigenvalue weighted by Gasteiger charge is 2.22. The van der Waals surface area contributed by atoms with E-state index in [0.29, 0.717) is 6.54 Å². The van der Waals surface area contributed by atoms with Gasteiger partial charge in [-0.25, -0.2) is 0 Å². The number of hydrogen-bond donors (Lipinski definition) is 0. The van der Waals surface area contributed by atoms with E-state index < -0.39 is 0 Å². The zero-order chi connectivity index (χ0) is 12.4. The van der Waals surface area contributed by atoms with Crippen molar-refractivity contribution >= 4 is 11.8 Å². The predicted molar refractivity (Wildman–Crippen MR) is 65.5 cm³/mol. The van der Waals surface area contributed by atoms with Crippen LogP contribution in [0.3, 0.4) is 0 Å². The summed E-state index contributed by atoms with van der Waals surface area (Å²) in [6.45, 7) is 4.55. The van der Waals surface area contributed by atoms with E-state index in [4.69, 9.17) is 0 Å². The van der Waals surface area contributed by atoms with E-state index >= 15 is 0 Å². The van der Waals surface area contributed by atoms with Crippen LogP contribution in [0.1, 0.15) is 16.7 Å². The highest BCUT2D eigenvalue weighted by atomic mass is 16.2. The molecule has 88 valence electrons. The van der Waals surface area contributed by atoms with Gasteiger partial charge in [-0.05, 0) is 37.0 Å². The van der Waals surface area contributed by atoms with Crippen LogP contribution in [0.2, 0.25) is 0 Å². The van der Waals surface area contributed by atoms with Crippen LogP contribution < -0.4 is 0 Å². The minimum atomic E-state index is -0.207. The van der Waals surface area contributed by atoms with Crippen LogP contribution in [0.15, 0.2) is 30.4 Å². The maximum absolute atomic E-state index is 11.4. The Labute approximate surface area is 101 Å². The summed E-state index contributed by atoms with van der Waals surface area (Å²) in [5, 5.41) is 0. The lowest BCUT2D eigenvalue weighted by atomic mass is 10.00. The van der Waals surface area contributed by atoms with Gasteiger partial charge < -0.3 is 0 Å². The monoisotopic (exact) mass is 229 g/mol. The Bertz CT molecular complexity index is 465. The third-order valence-electron chi connectivity index (χ3n) is 3.13. The fourth-order valence-electron chi connectivity index (χ4n) is 2.12. The van der Waals surface area contributed by atoms with Crippen molar-refractivity contribution in [2.45, 2.75) is 20.3 Å². The number of rotatable bonds is 3. The zero-order valence-electron chi connectivity index (χ0n) is 10.1. The highest BCUT2D eigenvalue weighted by Crippen LogP contribution is 2.15. The van der Waals surface area contributed by atoms with Crippen LogP contribution in [0.5, 0.6) is 0 Å². The van der Waals surface area contributed by atoms with E-state index in [0.717, 1.165) is 6.42 Å². The lowest BCUT2D eigenvalue weighted by Gasteiger charge is -2.15. The van der Waals surface area contributed by atoms with Crippen LogP contribution in [-0.2, 0) is 16.0 Å². The molecule has 0 saturated carbocycles. The maximum Gasteiger partial charge on any atom is 0.253 e. The van der Waals surface area contributed by atoms with Gasteiger partial charge in [-0.15, -0.1) is 0 Å². The summed E-state index contributed by atoms with van der Waals surface area (Å²) in [7, 11) is 0. The molecule has 1 aromatic rings. The molecule has 0 atom stereocenters. The highest BCUT2D eigenvalue weighted by molar-refractivity contribution is 6.12. The predicted octanol–water partition coefficient (Wildman–Crippen LogP) is 1.77. The van der Waals surface area contributed by atoms with Crippen molar-refractivity contribution in [3.63, 3.8) is 0 Å². The molecule has 3 heteroatoms. The molecule has 0 saturated heterocycles. The second kappa shape index (κ2) is 4.53. The minimum Gasteiger partial charge on any atom is -0.275 e. The second-order valence-electron chi connectivity index (χ2n) is 4.28. The molecule has 0 aromatic heterocycles. The standard InChI is InChI=1S/C14H15NO2/c1-10-4-3-5-11(2)12(10)8-9-15-13(16)6-7-14(15)17/h3-7H,8-9H2,1-2H3. The fourth-order valence-corrected chi connectivity index (χ4v) is 2.12. The molecule has 0 aliphatic carbocycles. The smallest absolute Gasteiger partial charge is 0.253 e. The van der Waals surface area contributed by atoms with Gasteiger partial charge in [-0.3, -0.25) is 14.5 Å². The molecule has 17 heavy (non-hydrogen) atoms. The van der Waals surface area contributed by atoms with Gasteiger partial charge in [-0.1, -0.05) is 18.2 Å². The van der Waals surface area contributed by atoms with Crippen molar-refractivity contribution in [1.82, 2.24) is 4.90 Å². The van der Waals surface area contributed by atoms with E-state index in [-0.39, 0.29) is 11.8 Å². The molecule has 2 rings (SSSR count). The fraction of sp³-hybridized carbons (Fsp3) is 0.286. The SMILES string of the molecule is Cc1cccc(C)c1CCN1C(=O)C=CC1=O. The molecule has 1 aliphatic rings. The van der Waals surface area contributed by atoms with Crippen molar-refractivity contribution in [3.8, 4) is 0 Å². The summed E-state index contributed by atoms with van der Waals surface area (Å²) in [6.07, 6.45) is 3.37. The summed E-state index contributed by atoms with van der Waals surface area (Å²) in [6, 6.07) is 6.12. The van der Waals surface area contributed by atoms with Crippen molar-refractivity contribution in [2.75, 3.05) is 6.54 Å². The Hall–Kier alpha value is -1.90. The van der Waals surface area contributed by atoms with Crippen molar-refractivity contribution < 1.29 is 9.59 Å². The Balaban J connectivity index is 2.08. The maximum atomic E-state index is 11.4. The van der Waals surface area contributed by atoms with E-state index in [9.17, 15) is 9.59 Å². The van der Waals surface area contributed by atoms with Gasteiger partial charge in [0.2, 0.25) is 0 Å². The molecule has 1 heterocycles. The summed E-state index contributed by atoms with van der Waals surface area (Å²) in [5.41, 5.74) is 3.63. The van der Waals surface area contributed by atoms with E-state index in [1.807, 2.05) is 32.0 Å². The number of nitrogens with zero attached hydrogens (tertiary/aromatic N) is 1. The van der Waals surface area contributed by atoms with Crippen LogP contribution in [0, 0.1) is 13.8 Å².